The number of H-pyrrole nitrogens is 1. The summed E-state index contributed by atoms with van der Waals surface area (Å²) in [5.74, 6) is 2.35. The van der Waals surface area contributed by atoms with Crippen LogP contribution in [0.2, 0.25) is 0 Å². The Bertz CT molecular complexity index is 1460. The summed E-state index contributed by atoms with van der Waals surface area (Å²) >= 11 is 1.35. The van der Waals surface area contributed by atoms with Crippen molar-refractivity contribution in [2.24, 2.45) is 0 Å². The van der Waals surface area contributed by atoms with E-state index in [2.05, 4.69) is 15.2 Å². The smallest absolute Gasteiger partial charge is 0.196 e. The zero-order chi connectivity index (χ0) is 23.5. The molecule has 0 aliphatic rings. The zero-order valence-corrected chi connectivity index (χ0v) is 19.5. The molecular weight excluding hydrogens is 448 g/mol. The van der Waals surface area contributed by atoms with E-state index in [1.807, 2.05) is 59.3 Å². The van der Waals surface area contributed by atoms with Gasteiger partial charge in [-0.15, -0.1) is 10.2 Å². The SMILES string of the molecule is COc1ccc(C(=O)CSc2nnc(-c3c[nH]c4ccccc34)n2-c2cccc(OC)c2)cc1. The minimum absolute atomic E-state index is 0.00138. The highest BCUT2D eigenvalue weighted by Crippen LogP contribution is 2.33. The van der Waals surface area contributed by atoms with Gasteiger partial charge in [0.05, 0.1) is 25.7 Å². The number of ether oxygens (including phenoxy) is 2. The van der Waals surface area contributed by atoms with Crippen LogP contribution in [-0.2, 0) is 0 Å². The van der Waals surface area contributed by atoms with Crippen LogP contribution in [0.5, 0.6) is 11.5 Å². The standard InChI is InChI=1S/C26H22N4O3S/c1-32-19-12-10-17(11-13-19)24(31)16-34-26-29-28-25(22-15-27-23-9-4-3-8-21(22)23)30(26)18-6-5-7-20(14-18)33-2/h3-15,27H,16H2,1-2H3. The number of thioether (sulfide) groups is 1. The molecule has 0 fully saturated rings. The van der Waals surface area contributed by atoms with Crippen LogP contribution in [0.15, 0.2) is 84.1 Å². The highest BCUT2D eigenvalue weighted by atomic mass is 32.2. The van der Waals surface area contributed by atoms with E-state index in [4.69, 9.17) is 9.47 Å². The Morgan fingerprint density at radius 3 is 2.53 bits per heavy atom. The molecule has 0 aliphatic carbocycles. The fraction of sp³-hybridized carbons (Fsp3) is 0.115. The van der Waals surface area contributed by atoms with E-state index >= 15 is 0 Å². The van der Waals surface area contributed by atoms with E-state index < -0.39 is 0 Å². The minimum atomic E-state index is 0.00138. The van der Waals surface area contributed by atoms with Gasteiger partial charge in [-0.3, -0.25) is 9.36 Å². The van der Waals surface area contributed by atoms with Gasteiger partial charge in [-0.25, -0.2) is 0 Å². The van der Waals surface area contributed by atoms with Gasteiger partial charge in [-0.1, -0.05) is 36.0 Å². The van der Waals surface area contributed by atoms with Gasteiger partial charge in [0.2, 0.25) is 0 Å². The summed E-state index contributed by atoms with van der Waals surface area (Å²) in [6.45, 7) is 0. The number of hydrogen-bond donors (Lipinski definition) is 1. The molecule has 2 heterocycles. The number of Topliss-reactive ketones (excluding diaryl/α,β-unsaturated/α-hetero) is 1. The quantitative estimate of drug-likeness (QED) is 0.241. The molecule has 0 spiro atoms. The molecular formula is C26H22N4O3S. The first-order valence-electron chi connectivity index (χ1n) is 10.6. The summed E-state index contributed by atoms with van der Waals surface area (Å²) in [4.78, 5) is 16.1. The van der Waals surface area contributed by atoms with Gasteiger partial charge < -0.3 is 14.5 Å². The molecule has 0 amide bonds. The highest BCUT2D eigenvalue weighted by molar-refractivity contribution is 7.99. The Morgan fingerprint density at radius 1 is 0.941 bits per heavy atom. The molecule has 5 aromatic rings. The first kappa shape index (κ1) is 21.8. The number of aromatic amines is 1. The maximum Gasteiger partial charge on any atom is 0.196 e. The van der Waals surface area contributed by atoms with Crippen LogP contribution in [0.4, 0.5) is 0 Å². The highest BCUT2D eigenvalue weighted by Gasteiger charge is 2.20. The van der Waals surface area contributed by atoms with Crippen molar-refractivity contribution in [1.82, 2.24) is 19.7 Å². The lowest BCUT2D eigenvalue weighted by Crippen LogP contribution is -2.05. The van der Waals surface area contributed by atoms with E-state index in [0.29, 0.717) is 22.3 Å². The van der Waals surface area contributed by atoms with Crippen molar-refractivity contribution >= 4 is 28.4 Å². The summed E-state index contributed by atoms with van der Waals surface area (Å²) in [7, 11) is 3.23. The van der Waals surface area contributed by atoms with E-state index in [0.717, 1.165) is 27.9 Å². The van der Waals surface area contributed by atoms with Crippen molar-refractivity contribution in [3.63, 3.8) is 0 Å². The number of rotatable bonds is 8. The second-order valence-corrected chi connectivity index (χ2v) is 8.47. The van der Waals surface area contributed by atoms with Gasteiger partial charge >= 0.3 is 0 Å². The summed E-state index contributed by atoms with van der Waals surface area (Å²) in [5, 5.41) is 10.6. The van der Waals surface area contributed by atoms with E-state index in [9.17, 15) is 4.79 Å². The third-order valence-electron chi connectivity index (χ3n) is 5.52. The second-order valence-electron chi connectivity index (χ2n) is 7.53. The van der Waals surface area contributed by atoms with Crippen LogP contribution in [0.25, 0.3) is 28.0 Å². The normalized spacial score (nSPS) is 11.0. The number of fused-ring (bicyclic) bond motifs is 1. The topological polar surface area (TPSA) is 82.0 Å². The summed E-state index contributed by atoms with van der Waals surface area (Å²) in [6.07, 6.45) is 1.93. The first-order valence-corrected chi connectivity index (χ1v) is 11.6. The molecule has 170 valence electrons. The first-order chi connectivity index (χ1) is 16.7. The van der Waals surface area contributed by atoms with Crippen molar-refractivity contribution in [3.05, 3.63) is 84.6 Å². The molecule has 7 nitrogen and oxygen atoms in total. The van der Waals surface area contributed by atoms with Crippen molar-refractivity contribution in [2.45, 2.75) is 5.16 Å². The van der Waals surface area contributed by atoms with Crippen LogP contribution >= 0.6 is 11.8 Å². The number of aromatic nitrogens is 4. The Labute approximate surface area is 200 Å². The number of nitrogens with one attached hydrogen (secondary N) is 1. The summed E-state index contributed by atoms with van der Waals surface area (Å²) < 4.78 is 12.6. The Kier molecular flexibility index (Phi) is 6.05. The number of ketones is 1. The van der Waals surface area contributed by atoms with E-state index in [1.165, 1.54) is 11.8 Å². The molecule has 0 atom stereocenters. The van der Waals surface area contributed by atoms with Crippen LogP contribution in [0, 0.1) is 0 Å². The maximum atomic E-state index is 12.8. The van der Waals surface area contributed by atoms with Gasteiger partial charge in [0.25, 0.3) is 0 Å². The number of carbonyl (C=O) groups is 1. The van der Waals surface area contributed by atoms with Crippen molar-refractivity contribution in [3.8, 4) is 28.6 Å². The number of benzene rings is 3. The molecule has 0 unspecified atom stereocenters. The Morgan fingerprint density at radius 2 is 1.74 bits per heavy atom. The number of methoxy groups -OCH3 is 2. The van der Waals surface area contributed by atoms with Crippen LogP contribution in [0.3, 0.4) is 0 Å². The maximum absolute atomic E-state index is 12.8. The number of nitrogens with zero attached hydrogens (tertiary/aromatic N) is 3. The summed E-state index contributed by atoms with van der Waals surface area (Å²) in [5.41, 5.74) is 3.42. The lowest BCUT2D eigenvalue weighted by Gasteiger charge is -2.11. The lowest BCUT2D eigenvalue weighted by molar-refractivity contribution is 0.102. The monoisotopic (exact) mass is 470 g/mol. The molecule has 0 saturated heterocycles. The second kappa shape index (κ2) is 9.44. The molecule has 5 rings (SSSR count). The predicted octanol–water partition coefficient (Wildman–Crippen LogP) is 5.41. The molecule has 0 bridgehead atoms. The molecule has 8 heteroatoms. The van der Waals surface area contributed by atoms with Crippen molar-refractivity contribution in [2.75, 3.05) is 20.0 Å². The van der Waals surface area contributed by atoms with Gasteiger partial charge in [0.15, 0.2) is 16.8 Å². The van der Waals surface area contributed by atoms with Crippen molar-refractivity contribution < 1.29 is 14.3 Å². The van der Waals surface area contributed by atoms with Gasteiger partial charge in [-0.2, -0.15) is 0 Å². The molecule has 0 radical (unpaired) electrons. The molecule has 0 saturated carbocycles. The van der Waals surface area contributed by atoms with E-state index in [1.54, 1.807) is 38.5 Å². The largest absolute Gasteiger partial charge is 0.497 e. The summed E-state index contributed by atoms with van der Waals surface area (Å²) in [6, 6.07) is 22.9. The van der Waals surface area contributed by atoms with Gasteiger partial charge in [0, 0.05) is 34.3 Å². The average molecular weight is 471 g/mol. The third-order valence-corrected chi connectivity index (χ3v) is 6.45. The predicted molar refractivity (Wildman–Crippen MR) is 133 cm³/mol. The fourth-order valence-electron chi connectivity index (χ4n) is 3.77. The van der Waals surface area contributed by atoms with Crippen LogP contribution in [0.1, 0.15) is 10.4 Å². The van der Waals surface area contributed by atoms with Gasteiger partial charge in [0.1, 0.15) is 11.5 Å². The van der Waals surface area contributed by atoms with Crippen molar-refractivity contribution in [1.29, 1.82) is 0 Å². The molecule has 34 heavy (non-hydrogen) atoms. The molecule has 1 N–H and O–H groups in total. The molecule has 2 aromatic heterocycles. The van der Waals surface area contributed by atoms with E-state index in [-0.39, 0.29) is 11.5 Å². The van der Waals surface area contributed by atoms with Crippen LogP contribution in [-0.4, -0.2) is 45.5 Å². The number of carbonyl (C=O) groups excluding carboxylic acids is 1. The fourth-order valence-corrected chi connectivity index (χ4v) is 4.61. The lowest BCUT2D eigenvalue weighted by atomic mass is 10.1. The van der Waals surface area contributed by atoms with Gasteiger partial charge in [-0.05, 0) is 42.5 Å². The number of hydrogen-bond acceptors (Lipinski definition) is 6. The average Bonchev–Trinajstić information content (AvgIpc) is 3.51. The van der Waals surface area contributed by atoms with Crippen LogP contribution < -0.4 is 9.47 Å². The Hall–Kier alpha value is -4.04. The third kappa shape index (κ3) is 4.15. The number of para-hydroxylation sites is 1. The molecule has 0 aliphatic heterocycles. The minimum Gasteiger partial charge on any atom is -0.497 e. The zero-order valence-electron chi connectivity index (χ0n) is 18.7. The molecule has 3 aromatic carbocycles. The Balaban J connectivity index is 1.52.